The quantitative estimate of drug-likeness (QED) is 0.627. The maximum absolute atomic E-state index is 11.5. The third kappa shape index (κ3) is 4.05. The van der Waals surface area contributed by atoms with Gasteiger partial charge >= 0.3 is 0 Å². The molecule has 2 aromatic heterocycles. The highest BCUT2D eigenvalue weighted by Gasteiger charge is 2.26. The fourth-order valence-corrected chi connectivity index (χ4v) is 3.74. The van der Waals surface area contributed by atoms with Gasteiger partial charge in [0.15, 0.2) is 11.5 Å². The molecule has 3 aromatic rings. The number of benzene rings is 1. The SMILES string of the molecule is CC(=O)N[C@H]1CCCC[C@@H]1Nc1ccc2nnc(Cc3ccc(O)cc3)n2n1. The van der Waals surface area contributed by atoms with Crippen LogP contribution in [0.15, 0.2) is 36.4 Å². The maximum atomic E-state index is 11.5. The van der Waals surface area contributed by atoms with Gasteiger partial charge in [-0.3, -0.25) is 4.79 Å². The Balaban J connectivity index is 1.55. The largest absolute Gasteiger partial charge is 0.508 e. The van der Waals surface area contributed by atoms with E-state index in [0.29, 0.717) is 12.1 Å². The van der Waals surface area contributed by atoms with E-state index in [1.54, 1.807) is 23.6 Å². The van der Waals surface area contributed by atoms with Crippen molar-refractivity contribution in [2.75, 3.05) is 5.32 Å². The molecular weight excluding hydrogens is 356 g/mol. The Bertz CT molecular complexity index is 968. The zero-order valence-electron chi connectivity index (χ0n) is 15.8. The van der Waals surface area contributed by atoms with Crippen LogP contribution < -0.4 is 10.6 Å². The van der Waals surface area contributed by atoms with Crippen LogP contribution in [0.1, 0.15) is 44.0 Å². The number of carbonyl (C=O) groups is 1. The number of phenolic OH excluding ortho intramolecular Hbond substituents is 1. The van der Waals surface area contributed by atoms with Crippen LogP contribution in [-0.2, 0) is 11.2 Å². The Morgan fingerprint density at radius 2 is 1.86 bits per heavy atom. The van der Waals surface area contributed by atoms with E-state index in [2.05, 4.69) is 25.9 Å². The zero-order valence-corrected chi connectivity index (χ0v) is 15.8. The van der Waals surface area contributed by atoms with Gasteiger partial charge in [-0.15, -0.1) is 15.3 Å². The lowest BCUT2D eigenvalue weighted by Gasteiger charge is -2.32. The molecule has 1 aliphatic carbocycles. The number of hydrogen-bond acceptors (Lipinski definition) is 6. The van der Waals surface area contributed by atoms with Crippen molar-refractivity contribution in [2.45, 2.75) is 51.1 Å². The first-order chi connectivity index (χ1) is 13.6. The number of rotatable bonds is 5. The molecule has 2 heterocycles. The van der Waals surface area contributed by atoms with E-state index >= 15 is 0 Å². The second-order valence-corrected chi connectivity index (χ2v) is 7.29. The molecule has 1 saturated carbocycles. The molecule has 1 aliphatic rings. The van der Waals surface area contributed by atoms with Crippen LogP contribution >= 0.6 is 0 Å². The third-order valence-corrected chi connectivity index (χ3v) is 5.11. The van der Waals surface area contributed by atoms with Gasteiger partial charge in [0.2, 0.25) is 5.91 Å². The average molecular weight is 380 g/mol. The van der Waals surface area contributed by atoms with Crippen molar-refractivity contribution in [1.29, 1.82) is 0 Å². The predicted octanol–water partition coefficient (Wildman–Crippen LogP) is 2.28. The zero-order chi connectivity index (χ0) is 19.5. The summed E-state index contributed by atoms with van der Waals surface area (Å²) in [5.74, 6) is 1.70. The predicted molar refractivity (Wildman–Crippen MR) is 105 cm³/mol. The van der Waals surface area contributed by atoms with E-state index in [4.69, 9.17) is 0 Å². The van der Waals surface area contributed by atoms with Crippen molar-refractivity contribution in [2.24, 2.45) is 0 Å². The Labute approximate surface area is 163 Å². The van der Waals surface area contributed by atoms with Crippen molar-refractivity contribution in [3.63, 3.8) is 0 Å². The lowest BCUT2D eigenvalue weighted by atomic mass is 9.90. The molecule has 0 unspecified atom stereocenters. The van der Waals surface area contributed by atoms with Gasteiger partial charge in [-0.1, -0.05) is 25.0 Å². The Morgan fingerprint density at radius 3 is 2.61 bits per heavy atom. The fourth-order valence-electron chi connectivity index (χ4n) is 3.74. The first kappa shape index (κ1) is 18.2. The van der Waals surface area contributed by atoms with Gasteiger partial charge in [0.05, 0.1) is 0 Å². The number of nitrogens with one attached hydrogen (secondary N) is 2. The normalized spacial score (nSPS) is 19.5. The Morgan fingerprint density at radius 1 is 1.11 bits per heavy atom. The Hall–Kier alpha value is -3.16. The molecule has 0 aliphatic heterocycles. The highest BCUT2D eigenvalue weighted by molar-refractivity contribution is 5.73. The minimum Gasteiger partial charge on any atom is -0.508 e. The van der Waals surface area contributed by atoms with Gasteiger partial charge in [-0.2, -0.15) is 4.52 Å². The van der Waals surface area contributed by atoms with Crippen molar-refractivity contribution in [3.8, 4) is 5.75 Å². The molecule has 0 bridgehead atoms. The van der Waals surface area contributed by atoms with E-state index in [0.717, 1.165) is 42.9 Å². The molecule has 0 radical (unpaired) electrons. The number of hydrogen-bond donors (Lipinski definition) is 3. The number of phenols is 1. The van der Waals surface area contributed by atoms with Crippen LogP contribution in [-0.4, -0.2) is 42.9 Å². The summed E-state index contributed by atoms with van der Waals surface area (Å²) in [4.78, 5) is 11.5. The second-order valence-electron chi connectivity index (χ2n) is 7.29. The lowest BCUT2D eigenvalue weighted by Crippen LogP contribution is -2.48. The standard InChI is InChI=1S/C20H24N6O2/c1-13(27)21-16-4-2-3-5-17(16)22-18-10-11-19-23-24-20(26(19)25-18)12-14-6-8-15(28)9-7-14/h6-11,16-17,28H,2-5,12H2,1H3,(H,21,27)(H,22,25)/t16-,17-/m0/s1. The van der Waals surface area contributed by atoms with Crippen LogP contribution in [0, 0.1) is 0 Å². The van der Waals surface area contributed by atoms with E-state index in [-0.39, 0.29) is 23.7 Å². The fraction of sp³-hybridized carbons (Fsp3) is 0.400. The van der Waals surface area contributed by atoms with Crippen molar-refractivity contribution < 1.29 is 9.90 Å². The van der Waals surface area contributed by atoms with Gasteiger partial charge in [0.1, 0.15) is 11.6 Å². The molecular formula is C20H24N6O2. The average Bonchev–Trinajstić information content (AvgIpc) is 3.07. The monoisotopic (exact) mass is 380 g/mol. The third-order valence-electron chi connectivity index (χ3n) is 5.11. The van der Waals surface area contributed by atoms with Crippen molar-refractivity contribution in [1.82, 2.24) is 25.1 Å². The van der Waals surface area contributed by atoms with E-state index in [1.807, 2.05) is 24.3 Å². The first-order valence-electron chi connectivity index (χ1n) is 9.61. The maximum Gasteiger partial charge on any atom is 0.217 e. The molecule has 0 saturated heterocycles. The van der Waals surface area contributed by atoms with Crippen LogP contribution in [0.3, 0.4) is 0 Å². The second kappa shape index (κ2) is 7.84. The summed E-state index contributed by atoms with van der Waals surface area (Å²) < 4.78 is 1.74. The van der Waals surface area contributed by atoms with Crippen LogP contribution in [0.25, 0.3) is 5.65 Å². The number of aromatic nitrogens is 4. The highest BCUT2D eigenvalue weighted by atomic mass is 16.3. The summed E-state index contributed by atoms with van der Waals surface area (Å²) in [6.07, 6.45) is 4.79. The number of nitrogens with zero attached hydrogens (tertiary/aromatic N) is 4. The minimum atomic E-state index is -0.00268. The van der Waals surface area contributed by atoms with E-state index < -0.39 is 0 Å². The van der Waals surface area contributed by atoms with Gasteiger partial charge < -0.3 is 15.7 Å². The summed E-state index contributed by atoms with van der Waals surface area (Å²) in [6, 6.07) is 11.1. The van der Waals surface area contributed by atoms with E-state index in [1.165, 1.54) is 0 Å². The van der Waals surface area contributed by atoms with Crippen LogP contribution in [0.5, 0.6) is 5.75 Å². The van der Waals surface area contributed by atoms with E-state index in [9.17, 15) is 9.90 Å². The summed E-state index contributed by atoms with van der Waals surface area (Å²) in [7, 11) is 0. The van der Waals surface area contributed by atoms with Gasteiger partial charge in [-0.25, -0.2) is 0 Å². The minimum absolute atomic E-state index is 0.00268. The summed E-state index contributed by atoms with van der Waals surface area (Å²) in [5.41, 5.74) is 1.70. The van der Waals surface area contributed by atoms with Crippen LogP contribution in [0.4, 0.5) is 5.82 Å². The molecule has 28 heavy (non-hydrogen) atoms. The van der Waals surface area contributed by atoms with Crippen molar-refractivity contribution >= 4 is 17.4 Å². The number of carbonyl (C=O) groups excluding carboxylic acids is 1. The summed E-state index contributed by atoms with van der Waals surface area (Å²) in [5, 5.41) is 29.1. The summed E-state index contributed by atoms with van der Waals surface area (Å²) >= 11 is 0. The molecule has 8 heteroatoms. The highest BCUT2D eigenvalue weighted by Crippen LogP contribution is 2.22. The molecule has 2 atom stereocenters. The molecule has 0 spiro atoms. The van der Waals surface area contributed by atoms with Gasteiger partial charge in [0, 0.05) is 25.4 Å². The molecule has 1 amide bonds. The molecule has 1 aromatic carbocycles. The number of anilines is 1. The number of amides is 1. The molecule has 3 N–H and O–H groups in total. The summed E-state index contributed by atoms with van der Waals surface area (Å²) in [6.45, 7) is 1.56. The molecule has 146 valence electrons. The lowest BCUT2D eigenvalue weighted by molar-refractivity contribution is -0.119. The molecule has 8 nitrogen and oxygen atoms in total. The van der Waals surface area contributed by atoms with Gasteiger partial charge in [0.25, 0.3) is 0 Å². The number of aromatic hydroxyl groups is 1. The molecule has 1 fully saturated rings. The van der Waals surface area contributed by atoms with Gasteiger partial charge in [-0.05, 0) is 42.7 Å². The Kier molecular flexibility index (Phi) is 5.10. The van der Waals surface area contributed by atoms with Crippen LogP contribution in [0.2, 0.25) is 0 Å². The van der Waals surface area contributed by atoms with Crippen molar-refractivity contribution in [3.05, 3.63) is 47.8 Å². The smallest absolute Gasteiger partial charge is 0.217 e. The first-order valence-corrected chi connectivity index (χ1v) is 9.61. The molecule has 4 rings (SSSR count). The number of fused-ring (bicyclic) bond motifs is 1. The topological polar surface area (TPSA) is 104 Å².